The summed E-state index contributed by atoms with van der Waals surface area (Å²) < 4.78 is 4.87. The number of hydrogen-bond acceptors (Lipinski definition) is 4. The zero-order valence-electron chi connectivity index (χ0n) is 10.4. The summed E-state index contributed by atoms with van der Waals surface area (Å²) in [5, 5.41) is 7.08. The molecule has 1 aromatic heterocycles. The van der Waals surface area contributed by atoms with Crippen LogP contribution in [0.25, 0.3) is 0 Å². The Bertz CT molecular complexity index is 571. The lowest BCUT2D eigenvalue weighted by Gasteiger charge is -2.02. The number of nitrogens with zero attached hydrogens (tertiary/aromatic N) is 1. The molecule has 0 saturated carbocycles. The number of hydrogen-bond donors (Lipinski definition) is 1. The standard InChI is InChI=1S/C13H13ClN2O2S/c1-9-7-12(16-18-9)15-13(17)5-6-19-11-4-2-3-10(14)8-11/h2-4,7-8H,5-6H2,1H3,(H,15,16,17). The van der Waals surface area contributed by atoms with Crippen molar-refractivity contribution in [3.8, 4) is 0 Å². The highest BCUT2D eigenvalue weighted by atomic mass is 35.5. The van der Waals surface area contributed by atoms with Gasteiger partial charge in [-0.15, -0.1) is 11.8 Å². The predicted octanol–water partition coefficient (Wildman–Crippen LogP) is 3.76. The first-order valence-electron chi connectivity index (χ1n) is 5.75. The van der Waals surface area contributed by atoms with Crippen molar-refractivity contribution < 1.29 is 9.32 Å². The first-order chi connectivity index (χ1) is 9.13. The van der Waals surface area contributed by atoms with Crippen molar-refractivity contribution >= 4 is 35.1 Å². The average molecular weight is 297 g/mol. The van der Waals surface area contributed by atoms with E-state index in [2.05, 4.69) is 10.5 Å². The molecule has 0 atom stereocenters. The summed E-state index contributed by atoms with van der Waals surface area (Å²) in [6.45, 7) is 1.78. The van der Waals surface area contributed by atoms with E-state index in [9.17, 15) is 4.79 Å². The molecule has 2 aromatic rings. The smallest absolute Gasteiger partial charge is 0.226 e. The van der Waals surface area contributed by atoms with Gasteiger partial charge in [0.25, 0.3) is 0 Å². The number of thioether (sulfide) groups is 1. The molecule has 0 aliphatic carbocycles. The van der Waals surface area contributed by atoms with Crippen LogP contribution < -0.4 is 5.32 Å². The van der Waals surface area contributed by atoms with E-state index < -0.39 is 0 Å². The Kier molecular flexibility index (Phi) is 4.87. The Morgan fingerprint density at radius 1 is 1.47 bits per heavy atom. The maximum atomic E-state index is 11.6. The Labute approximate surface area is 120 Å². The quantitative estimate of drug-likeness (QED) is 0.854. The minimum Gasteiger partial charge on any atom is -0.360 e. The fourth-order valence-corrected chi connectivity index (χ4v) is 2.61. The molecule has 1 aromatic carbocycles. The summed E-state index contributed by atoms with van der Waals surface area (Å²) in [6.07, 6.45) is 0.406. The number of carbonyl (C=O) groups is 1. The van der Waals surface area contributed by atoms with Crippen molar-refractivity contribution in [3.05, 3.63) is 41.1 Å². The molecule has 100 valence electrons. The summed E-state index contributed by atoms with van der Waals surface area (Å²) in [6, 6.07) is 9.25. The molecule has 0 aliphatic rings. The number of rotatable bonds is 5. The van der Waals surface area contributed by atoms with Gasteiger partial charge in [-0.3, -0.25) is 4.79 Å². The van der Waals surface area contributed by atoms with Crippen LogP contribution >= 0.6 is 23.4 Å². The molecule has 2 rings (SSSR count). The number of nitrogens with one attached hydrogen (secondary N) is 1. The van der Waals surface area contributed by atoms with E-state index in [0.29, 0.717) is 28.8 Å². The topological polar surface area (TPSA) is 55.1 Å². The van der Waals surface area contributed by atoms with Gasteiger partial charge in [0.1, 0.15) is 5.76 Å². The van der Waals surface area contributed by atoms with Crippen LogP contribution in [0, 0.1) is 6.92 Å². The lowest BCUT2D eigenvalue weighted by Crippen LogP contribution is -2.12. The first-order valence-corrected chi connectivity index (χ1v) is 7.11. The molecular weight excluding hydrogens is 284 g/mol. The Morgan fingerprint density at radius 3 is 3.00 bits per heavy atom. The third-order valence-corrected chi connectivity index (χ3v) is 3.52. The minimum atomic E-state index is -0.0807. The maximum Gasteiger partial charge on any atom is 0.226 e. The van der Waals surface area contributed by atoms with Crippen molar-refractivity contribution in [3.63, 3.8) is 0 Å². The average Bonchev–Trinajstić information content (AvgIpc) is 2.75. The molecule has 0 saturated heterocycles. The van der Waals surface area contributed by atoms with Crippen molar-refractivity contribution in [2.45, 2.75) is 18.2 Å². The summed E-state index contributed by atoms with van der Waals surface area (Å²) in [4.78, 5) is 12.7. The van der Waals surface area contributed by atoms with Gasteiger partial charge in [-0.05, 0) is 25.1 Å². The third-order valence-electron chi connectivity index (χ3n) is 2.29. The maximum absolute atomic E-state index is 11.6. The normalized spacial score (nSPS) is 10.4. The van der Waals surface area contributed by atoms with Crippen LogP contribution in [-0.4, -0.2) is 16.8 Å². The number of aromatic nitrogens is 1. The SMILES string of the molecule is Cc1cc(NC(=O)CCSc2cccc(Cl)c2)no1. The van der Waals surface area contributed by atoms with E-state index in [-0.39, 0.29) is 5.91 Å². The van der Waals surface area contributed by atoms with Crippen LogP contribution in [-0.2, 0) is 4.79 Å². The lowest BCUT2D eigenvalue weighted by molar-refractivity contribution is -0.115. The number of carbonyl (C=O) groups excluding carboxylic acids is 1. The highest BCUT2D eigenvalue weighted by Crippen LogP contribution is 2.22. The van der Waals surface area contributed by atoms with E-state index in [1.165, 1.54) is 0 Å². The fourth-order valence-electron chi connectivity index (χ4n) is 1.45. The van der Waals surface area contributed by atoms with Crippen molar-refractivity contribution in [1.29, 1.82) is 0 Å². The van der Waals surface area contributed by atoms with Gasteiger partial charge in [-0.25, -0.2) is 0 Å². The van der Waals surface area contributed by atoms with Gasteiger partial charge in [0, 0.05) is 28.2 Å². The van der Waals surface area contributed by atoms with Crippen molar-refractivity contribution in [2.75, 3.05) is 11.1 Å². The van der Waals surface area contributed by atoms with Crippen molar-refractivity contribution in [1.82, 2.24) is 5.16 Å². The van der Waals surface area contributed by atoms with Crippen LogP contribution in [0.15, 0.2) is 39.8 Å². The number of halogens is 1. The molecule has 1 amide bonds. The largest absolute Gasteiger partial charge is 0.360 e. The molecule has 4 nitrogen and oxygen atoms in total. The summed E-state index contributed by atoms with van der Waals surface area (Å²) in [7, 11) is 0. The third kappa shape index (κ3) is 4.61. The zero-order valence-corrected chi connectivity index (χ0v) is 11.9. The van der Waals surface area contributed by atoms with Crippen LogP contribution in [0.3, 0.4) is 0 Å². The molecule has 0 bridgehead atoms. The number of amides is 1. The van der Waals surface area contributed by atoms with Crippen LogP contribution in [0.1, 0.15) is 12.2 Å². The Hall–Kier alpha value is -1.46. The fraction of sp³-hybridized carbons (Fsp3) is 0.231. The molecule has 0 fully saturated rings. The van der Waals surface area contributed by atoms with Crippen molar-refractivity contribution in [2.24, 2.45) is 0 Å². The predicted molar refractivity (Wildman–Crippen MR) is 76.7 cm³/mol. The highest BCUT2D eigenvalue weighted by Gasteiger charge is 2.06. The zero-order chi connectivity index (χ0) is 13.7. The van der Waals surface area contributed by atoms with E-state index in [1.54, 1.807) is 24.8 Å². The summed E-state index contributed by atoms with van der Waals surface area (Å²) in [5.74, 6) is 1.73. The van der Waals surface area contributed by atoms with Gasteiger partial charge in [0.05, 0.1) is 0 Å². The monoisotopic (exact) mass is 296 g/mol. The second-order valence-electron chi connectivity index (χ2n) is 3.93. The molecule has 0 spiro atoms. The van der Waals surface area contributed by atoms with E-state index >= 15 is 0 Å². The number of benzene rings is 1. The highest BCUT2D eigenvalue weighted by molar-refractivity contribution is 7.99. The van der Waals surface area contributed by atoms with E-state index in [0.717, 1.165) is 4.90 Å². The van der Waals surface area contributed by atoms with Gasteiger partial charge in [-0.2, -0.15) is 0 Å². The molecule has 0 radical (unpaired) electrons. The lowest BCUT2D eigenvalue weighted by atomic mass is 10.4. The van der Waals surface area contributed by atoms with E-state index in [4.69, 9.17) is 16.1 Å². The van der Waals surface area contributed by atoms with Gasteiger partial charge >= 0.3 is 0 Å². The van der Waals surface area contributed by atoms with Crippen LogP contribution in [0.2, 0.25) is 5.02 Å². The molecule has 0 aliphatic heterocycles. The minimum absolute atomic E-state index is 0.0807. The molecule has 6 heteroatoms. The number of aryl methyl sites for hydroxylation is 1. The number of anilines is 1. The van der Waals surface area contributed by atoms with Gasteiger partial charge in [-0.1, -0.05) is 22.8 Å². The summed E-state index contributed by atoms with van der Waals surface area (Å²) >= 11 is 7.47. The van der Waals surface area contributed by atoms with Gasteiger partial charge < -0.3 is 9.84 Å². The first kappa shape index (κ1) is 14.0. The molecule has 0 unspecified atom stereocenters. The molecule has 1 N–H and O–H groups in total. The molecule has 1 heterocycles. The molecule has 19 heavy (non-hydrogen) atoms. The van der Waals surface area contributed by atoms with E-state index in [1.807, 2.05) is 24.3 Å². The van der Waals surface area contributed by atoms with Gasteiger partial charge in [0.15, 0.2) is 5.82 Å². The Balaban J connectivity index is 1.75. The molecular formula is C13H13ClN2O2S. The second kappa shape index (κ2) is 6.63. The van der Waals surface area contributed by atoms with Crippen LogP contribution in [0.4, 0.5) is 5.82 Å². The Morgan fingerprint density at radius 2 is 2.32 bits per heavy atom. The van der Waals surface area contributed by atoms with Crippen LogP contribution in [0.5, 0.6) is 0 Å². The second-order valence-corrected chi connectivity index (χ2v) is 5.53. The van der Waals surface area contributed by atoms with Gasteiger partial charge in [0.2, 0.25) is 5.91 Å². The summed E-state index contributed by atoms with van der Waals surface area (Å²) in [5.41, 5.74) is 0.